The predicted molar refractivity (Wildman–Crippen MR) is 87.3 cm³/mol. The van der Waals surface area contributed by atoms with E-state index in [4.69, 9.17) is 27.9 Å². The molecule has 1 aromatic heterocycles. The van der Waals surface area contributed by atoms with Gasteiger partial charge in [0.1, 0.15) is 18.0 Å². The third-order valence-electron chi connectivity index (χ3n) is 3.05. The Morgan fingerprint density at radius 3 is 2.26 bits per heavy atom. The van der Waals surface area contributed by atoms with Crippen molar-refractivity contribution in [2.24, 2.45) is 0 Å². The lowest BCUT2D eigenvalue weighted by molar-refractivity contribution is 0.0967. The molecule has 0 saturated heterocycles. The van der Waals surface area contributed by atoms with Crippen LogP contribution in [0.1, 0.15) is 10.4 Å². The van der Waals surface area contributed by atoms with E-state index in [2.05, 4.69) is 10.1 Å². The van der Waals surface area contributed by atoms with Crippen molar-refractivity contribution in [3.8, 4) is 11.5 Å². The Balaban J connectivity index is 1.69. The highest BCUT2D eigenvalue weighted by Gasteiger charge is 2.12. The van der Waals surface area contributed by atoms with Gasteiger partial charge in [0.25, 0.3) is 0 Å². The van der Waals surface area contributed by atoms with E-state index in [9.17, 15) is 4.79 Å². The molecule has 116 valence electrons. The number of halogens is 2. The Labute approximate surface area is 142 Å². The molecule has 0 spiro atoms. The Bertz CT molecular complexity index is 817. The van der Waals surface area contributed by atoms with E-state index in [0.717, 1.165) is 5.75 Å². The van der Waals surface area contributed by atoms with Crippen molar-refractivity contribution < 1.29 is 9.53 Å². The summed E-state index contributed by atoms with van der Waals surface area (Å²) in [6, 6.07) is 16.2. The van der Waals surface area contributed by atoms with Crippen molar-refractivity contribution in [3.05, 3.63) is 70.7 Å². The minimum absolute atomic E-state index is 0.00871. The third-order valence-corrected chi connectivity index (χ3v) is 3.49. The number of Topliss-reactive ketones (excluding diaryl/α,β-unsaturated/α-hetero) is 1. The first-order valence-electron chi connectivity index (χ1n) is 6.74. The fraction of sp³-hybridized carbons (Fsp3) is 0.0625. The van der Waals surface area contributed by atoms with Crippen molar-refractivity contribution in [2.75, 3.05) is 0 Å². The first-order chi connectivity index (χ1) is 11.1. The van der Waals surface area contributed by atoms with Gasteiger partial charge < -0.3 is 4.74 Å². The lowest BCUT2D eigenvalue weighted by Gasteiger charge is -2.06. The van der Waals surface area contributed by atoms with Crippen LogP contribution in [-0.2, 0) is 6.54 Å². The SMILES string of the molecule is O=C(Cn1nc(Cl)nc1Cl)c1ccc(Oc2ccccc2)cc1. The van der Waals surface area contributed by atoms with Crippen LogP contribution in [0.4, 0.5) is 0 Å². The van der Waals surface area contributed by atoms with Gasteiger partial charge in [0.05, 0.1) is 0 Å². The van der Waals surface area contributed by atoms with Crippen molar-refractivity contribution >= 4 is 29.0 Å². The van der Waals surface area contributed by atoms with E-state index >= 15 is 0 Å². The molecule has 2 aromatic carbocycles. The molecule has 0 radical (unpaired) electrons. The molecule has 0 saturated carbocycles. The number of benzene rings is 2. The van der Waals surface area contributed by atoms with Crippen LogP contribution in [-0.4, -0.2) is 20.5 Å². The summed E-state index contributed by atoms with van der Waals surface area (Å²) in [6.07, 6.45) is 0. The van der Waals surface area contributed by atoms with Gasteiger partial charge in [-0.05, 0) is 59.6 Å². The topological polar surface area (TPSA) is 57.0 Å². The summed E-state index contributed by atoms with van der Waals surface area (Å²) in [5.74, 6) is 1.23. The van der Waals surface area contributed by atoms with Gasteiger partial charge in [-0.15, -0.1) is 5.10 Å². The van der Waals surface area contributed by atoms with E-state index in [1.807, 2.05) is 30.3 Å². The molecular formula is C16H11Cl2N3O2. The summed E-state index contributed by atoms with van der Waals surface area (Å²) < 4.78 is 6.93. The molecule has 0 atom stereocenters. The fourth-order valence-corrected chi connectivity index (χ4v) is 2.35. The molecule has 0 fully saturated rings. The Kier molecular flexibility index (Phi) is 4.60. The lowest BCUT2D eigenvalue weighted by Crippen LogP contribution is -2.11. The molecule has 0 aliphatic rings. The second-order valence-electron chi connectivity index (χ2n) is 4.67. The number of para-hydroxylation sites is 1. The number of ether oxygens (including phenoxy) is 1. The number of carbonyl (C=O) groups is 1. The van der Waals surface area contributed by atoms with Crippen molar-refractivity contribution in [3.63, 3.8) is 0 Å². The maximum atomic E-state index is 12.2. The van der Waals surface area contributed by atoms with Gasteiger partial charge in [0.2, 0.25) is 10.6 Å². The van der Waals surface area contributed by atoms with E-state index in [1.165, 1.54) is 4.68 Å². The summed E-state index contributed by atoms with van der Waals surface area (Å²) in [5.41, 5.74) is 0.521. The number of rotatable bonds is 5. The molecule has 0 aliphatic heterocycles. The largest absolute Gasteiger partial charge is 0.457 e. The van der Waals surface area contributed by atoms with E-state index in [0.29, 0.717) is 11.3 Å². The van der Waals surface area contributed by atoms with Gasteiger partial charge >= 0.3 is 0 Å². The number of hydrogen-bond acceptors (Lipinski definition) is 4. The molecular weight excluding hydrogens is 337 g/mol. The van der Waals surface area contributed by atoms with Crippen LogP contribution in [0.15, 0.2) is 54.6 Å². The quantitative estimate of drug-likeness (QED) is 0.647. The van der Waals surface area contributed by atoms with Crippen LogP contribution in [0.3, 0.4) is 0 Å². The highest BCUT2D eigenvalue weighted by Crippen LogP contribution is 2.21. The summed E-state index contributed by atoms with van der Waals surface area (Å²) in [5, 5.41) is 3.93. The fourth-order valence-electron chi connectivity index (χ4n) is 1.96. The van der Waals surface area contributed by atoms with Gasteiger partial charge in [0, 0.05) is 5.56 Å². The zero-order chi connectivity index (χ0) is 16.2. The summed E-state index contributed by atoms with van der Waals surface area (Å²) >= 11 is 11.5. The molecule has 0 unspecified atom stereocenters. The van der Waals surface area contributed by atoms with Crippen LogP contribution in [0.25, 0.3) is 0 Å². The van der Waals surface area contributed by atoms with E-state index < -0.39 is 0 Å². The molecule has 0 N–H and O–H groups in total. The van der Waals surface area contributed by atoms with Gasteiger partial charge in [-0.3, -0.25) is 4.79 Å². The molecule has 0 aliphatic carbocycles. The highest BCUT2D eigenvalue weighted by atomic mass is 35.5. The van der Waals surface area contributed by atoms with Gasteiger partial charge in [0.15, 0.2) is 5.78 Å². The summed E-state index contributed by atoms with van der Waals surface area (Å²) in [6.45, 7) is -0.0303. The number of aromatic nitrogens is 3. The molecule has 7 heteroatoms. The van der Waals surface area contributed by atoms with Crippen molar-refractivity contribution in [1.82, 2.24) is 14.8 Å². The monoisotopic (exact) mass is 347 g/mol. The Hall–Kier alpha value is -2.37. The molecule has 3 rings (SSSR count). The van der Waals surface area contributed by atoms with E-state index in [1.54, 1.807) is 24.3 Å². The molecule has 0 bridgehead atoms. The van der Waals surface area contributed by atoms with Crippen LogP contribution in [0.5, 0.6) is 11.5 Å². The van der Waals surface area contributed by atoms with E-state index in [-0.39, 0.29) is 22.9 Å². The maximum Gasteiger partial charge on any atom is 0.243 e. The van der Waals surface area contributed by atoms with Gasteiger partial charge in [-0.25, -0.2) is 4.68 Å². The minimum atomic E-state index is -0.153. The van der Waals surface area contributed by atoms with Crippen LogP contribution in [0, 0.1) is 0 Å². The standard InChI is InChI=1S/C16H11Cl2N3O2/c17-15-19-16(18)21(20-15)10-14(22)11-6-8-13(9-7-11)23-12-4-2-1-3-5-12/h1-9H,10H2. The predicted octanol–water partition coefficient (Wildman–Crippen LogP) is 4.26. The number of nitrogens with zero attached hydrogens (tertiary/aromatic N) is 3. The van der Waals surface area contributed by atoms with Crippen LogP contribution in [0.2, 0.25) is 10.6 Å². The second-order valence-corrected chi connectivity index (χ2v) is 5.35. The maximum absolute atomic E-state index is 12.2. The minimum Gasteiger partial charge on any atom is -0.457 e. The zero-order valence-corrected chi connectivity index (χ0v) is 13.3. The lowest BCUT2D eigenvalue weighted by atomic mass is 10.1. The molecule has 23 heavy (non-hydrogen) atoms. The zero-order valence-electron chi connectivity index (χ0n) is 11.8. The molecule has 0 amide bonds. The molecule has 5 nitrogen and oxygen atoms in total. The average molecular weight is 348 g/mol. The first-order valence-corrected chi connectivity index (χ1v) is 7.49. The Morgan fingerprint density at radius 1 is 1.00 bits per heavy atom. The first kappa shape index (κ1) is 15.5. The Morgan fingerprint density at radius 2 is 1.65 bits per heavy atom. The number of hydrogen-bond donors (Lipinski definition) is 0. The summed E-state index contributed by atoms with van der Waals surface area (Å²) in [7, 11) is 0. The smallest absolute Gasteiger partial charge is 0.243 e. The van der Waals surface area contributed by atoms with Gasteiger partial charge in [-0.1, -0.05) is 18.2 Å². The molecule has 1 heterocycles. The average Bonchev–Trinajstić information content (AvgIpc) is 2.86. The number of carbonyl (C=O) groups excluding carboxylic acids is 1. The van der Waals surface area contributed by atoms with Crippen LogP contribution < -0.4 is 4.74 Å². The molecule has 3 aromatic rings. The third kappa shape index (κ3) is 3.88. The van der Waals surface area contributed by atoms with Crippen molar-refractivity contribution in [1.29, 1.82) is 0 Å². The van der Waals surface area contributed by atoms with Crippen molar-refractivity contribution in [2.45, 2.75) is 6.54 Å². The second kappa shape index (κ2) is 6.81. The van der Waals surface area contributed by atoms with Crippen LogP contribution >= 0.6 is 23.2 Å². The highest BCUT2D eigenvalue weighted by molar-refractivity contribution is 6.31. The normalized spacial score (nSPS) is 10.5. The number of ketones is 1. The summed E-state index contributed by atoms with van der Waals surface area (Å²) in [4.78, 5) is 15.9. The van der Waals surface area contributed by atoms with Gasteiger partial charge in [-0.2, -0.15) is 4.98 Å².